The van der Waals surface area contributed by atoms with E-state index in [4.69, 9.17) is 4.74 Å². The molecule has 6 aromatic rings. The van der Waals surface area contributed by atoms with E-state index < -0.39 is 0 Å². The second-order valence-electron chi connectivity index (χ2n) is 8.74. The number of thiazole rings is 1. The third-order valence-corrected chi connectivity index (χ3v) is 7.33. The second kappa shape index (κ2) is 9.52. The molecule has 0 bridgehead atoms. The highest BCUT2D eigenvalue weighted by atomic mass is 32.1. The van der Waals surface area contributed by atoms with Gasteiger partial charge in [-0.05, 0) is 48.2 Å². The van der Waals surface area contributed by atoms with Gasteiger partial charge in [-0.15, -0.1) is 11.3 Å². The van der Waals surface area contributed by atoms with E-state index in [2.05, 4.69) is 21.4 Å². The molecule has 0 aliphatic rings. The van der Waals surface area contributed by atoms with Gasteiger partial charge in [0, 0.05) is 23.1 Å². The van der Waals surface area contributed by atoms with Crippen LogP contribution < -0.4 is 15.6 Å². The highest BCUT2D eigenvalue weighted by molar-refractivity contribution is 7.16. The van der Waals surface area contributed by atoms with Crippen LogP contribution in [0.2, 0.25) is 0 Å². The first-order valence-electron chi connectivity index (χ1n) is 12.0. The lowest BCUT2D eigenvalue weighted by atomic mass is 9.97. The summed E-state index contributed by atoms with van der Waals surface area (Å²) in [6.07, 6.45) is 1.78. The van der Waals surface area contributed by atoms with Crippen molar-refractivity contribution in [3.63, 3.8) is 0 Å². The molecular formula is C30H24N4O2S. The molecule has 0 aliphatic carbocycles. The summed E-state index contributed by atoms with van der Waals surface area (Å²) in [5.41, 5.74) is 5.90. The van der Waals surface area contributed by atoms with E-state index in [1.165, 1.54) is 0 Å². The molecular weight excluding hydrogens is 480 g/mol. The number of benzene rings is 3. The molecule has 6 rings (SSSR count). The number of nitrogens with zero attached hydrogens (tertiary/aromatic N) is 3. The molecule has 0 amide bonds. The van der Waals surface area contributed by atoms with Crippen molar-refractivity contribution in [2.75, 3.05) is 12.4 Å². The first-order chi connectivity index (χ1) is 18.2. The van der Waals surface area contributed by atoms with E-state index in [0.717, 1.165) is 43.9 Å². The van der Waals surface area contributed by atoms with Gasteiger partial charge < -0.3 is 10.1 Å². The lowest BCUT2D eigenvalue weighted by Gasteiger charge is -2.22. The van der Waals surface area contributed by atoms with Gasteiger partial charge in [0.05, 0.1) is 28.7 Å². The second-order valence-corrected chi connectivity index (χ2v) is 9.63. The highest BCUT2D eigenvalue weighted by Gasteiger charge is 2.20. The van der Waals surface area contributed by atoms with Crippen molar-refractivity contribution in [3.8, 4) is 22.6 Å². The quantitative estimate of drug-likeness (QED) is 0.269. The number of nitrogens with one attached hydrogen (secondary N) is 1. The van der Waals surface area contributed by atoms with Crippen LogP contribution in [-0.4, -0.2) is 21.6 Å². The summed E-state index contributed by atoms with van der Waals surface area (Å²) in [4.78, 5) is 23.4. The van der Waals surface area contributed by atoms with Gasteiger partial charge in [-0.2, -0.15) is 0 Å². The molecule has 182 valence electrons. The average molecular weight is 505 g/mol. The van der Waals surface area contributed by atoms with Crippen LogP contribution >= 0.6 is 11.3 Å². The molecule has 0 fully saturated rings. The Hall–Kier alpha value is -4.49. The number of pyridine rings is 2. The SMILES string of the molecule is COc1ccccc1-c1cccc2cc([C@H](C)Nc3nccc4scnc34)n(-c3ccccc3)c(=O)c12. The van der Waals surface area contributed by atoms with Crippen LogP contribution in [0.25, 0.3) is 37.8 Å². The van der Waals surface area contributed by atoms with Crippen molar-refractivity contribution >= 4 is 38.1 Å². The van der Waals surface area contributed by atoms with Gasteiger partial charge in [0.2, 0.25) is 0 Å². The van der Waals surface area contributed by atoms with Gasteiger partial charge in [0.25, 0.3) is 5.56 Å². The summed E-state index contributed by atoms with van der Waals surface area (Å²) >= 11 is 1.57. The first-order valence-corrected chi connectivity index (χ1v) is 12.9. The Morgan fingerprint density at radius 2 is 1.70 bits per heavy atom. The summed E-state index contributed by atoms with van der Waals surface area (Å²) in [6, 6.07) is 27.3. The lowest BCUT2D eigenvalue weighted by molar-refractivity contribution is 0.416. The molecule has 7 heteroatoms. The van der Waals surface area contributed by atoms with Crippen LogP contribution in [0, 0.1) is 0 Å². The summed E-state index contributed by atoms with van der Waals surface area (Å²) in [5, 5.41) is 5.02. The summed E-state index contributed by atoms with van der Waals surface area (Å²) in [6.45, 7) is 2.04. The highest BCUT2D eigenvalue weighted by Crippen LogP contribution is 2.35. The smallest absolute Gasteiger partial charge is 0.263 e. The number of para-hydroxylation sites is 2. The van der Waals surface area contributed by atoms with Crippen molar-refractivity contribution in [3.05, 3.63) is 113 Å². The largest absolute Gasteiger partial charge is 0.496 e. The number of rotatable bonds is 6. The molecule has 1 N–H and O–H groups in total. The van der Waals surface area contributed by atoms with Crippen molar-refractivity contribution in [2.45, 2.75) is 13.0 Å². The maximum absolute atomic E-state index is 14.3. The summed E-state index contributed by atoms with van der Waals surface area (Å²) in [7, 11) is 1.65. The minimum Gasteiger partial charge on any atom is -0.496 e. The fraction of sp³-hybridized carbons (Fsp3) is 0.100. The third kappa shape index (κ3) is 4.03. The lowest BCUT2D eigenvalue weighted by Crippen LogP contribution is -2.26. The first kappa shape index (κ1) is 22.9. The van der Waals surface area contributed by atoms with Crippen molar-refractivity contribution in [1.29, 1.82) is 0 Å². The van der Waals surface area contributed by atoms with Crippen LogP contribution in [0.5, 0.6) is 5.75 Å². The minimum absolute atomic E-state index is 0.0892. The molecule has 0 radical (unpaired) electrons. The zero-order chi connectivity index (χ0) is 25.4. The molecule has 3 heterocycles. The summed E-state index contributed by atoms with van der Waals surface area (Å²) in [5.74, 6) is 1.42. The number of methoxy groups -OCH3 is 1. The normalized spacial score (nSPS) is 12.1. The van der Waals surface area contributed by atoms with Gasteiger partial charge in [0.1, 0.15) is 11.3 Å². The molecule has 3 aromatic carbocycles. The topological polar surface area (TPSA) is 69.0 Å². The van der Waals surface area contributed by atoms with Gasteiger partial charge in [-0.3, -0.25) is 9.36 Å². The van der Waals surface area contributed by atoms with Crippen LogP contribution in [0.4, 0.5) is 5.82 Å². The van der Waals surface area contributed by atoms with Crippen molar-refractivity contribution in [2.24, 2.45) is 0 Å². The van der Waals surface area contributed by atoms with Gasteiger partial charge in [0.15, 0.2) is 5.82 Å². The molecule has 6 nitrogen and oxygen atoms in total. The predicted octanol–water partition coefficient (Wildman–Crippen LogP) is 6.84. The molecule has 0 saturated heterocycles. The number of hydrogen-bond acceptors (Lipinski definition) is 6. The van der Waals surface area contributed by atoms with Crippen LogP contribution in [0.3, 0.4) is 0 Å². The Morgan fingerprint density at radius 3 is 2.54 bits per heavy atom. The molecule has 0 spiro atoms. The molecule has 0 saturated carbocycles. The molecule has 0 aliphatic heterocycles. The van der Waals surface area contributed by atoms with Crippen molar-refractivity contribution in [1.82, 2.24) is 14.5 Å². The fourth-order valence-corrected chi connectivity index (χ4v) is 5.48. The van der Waals surface area contributed by atoms with E-state index in [0.29, 0.717) is 11.2 Å². The molecule has 0 unspecified atom stereocenters. The number of ether oxygens (including phenoxy) is 1. The maximum Gasteiger partial charge on any atom is 0.263 e. The van der Waals surface area contributed by atoms with Crippen molar-refractivity contribution < 1.29 is 4.74 Å². The Balaban J connectivity index is 1.59. The Bertz CT molecular complexity index is 1790. The zero-order valence-corrected chi connectivity index (χ0v) is 21.2. The number of fused-ring (bicyclic) bond motifs is 2. The molecule has 1 atom stereocenters. The number of anilines is 1. The molecule has 37 heavy (non-hydrogen) atoms. The number of hydrogen-bond donors (Lipinski definition) is 1. The molecule has 3 aromatic heterocycles. The van der Waals surface area contributed by atoms with E-state index in [1.807, 2.05) is 91.3 Å². The third-order valence-electron chi connectivity index (χ3n) is 6.53. The fourth-order valence-electron chi connectivity index (χ4n) is 4.81. The Kier molecular flexibility index (Phi) is 5.90. The van der Waals surface area contributed by atoms with Gasteiger partial charge >= 0.3 is 0 Å². The standard InChI is InChI=1S/C30H24N4O2S/c1-19(33-29-28-26(15-16-31-29)37-18-32-28)24-17-20-9-8-13-23(22-12-6-7-14-25(22)36-2)27(20)30(35)34(24)21-10-4-3-5-11-21/h3-19H,1-2H3,(H,31,33)/t19-/m0/s1. The minimum atomic E-state index is -0.230. The average Bonchev–Trinajstić information content (AvgIpc) is 3.43. The van der Waals surface area contributed by atoms with Crippen LogP contribution in [0.15, 0.2) is 101 Å². The van der Waals surface area contributed by atoms with Crippen LogP contribution in [0.1, 0.15) is 18.7 Å². The van der Waals surface area contributed by atoms with Gasteiger partial charge in [-0.25, -0.2) is 9.97 Å². The van der Waals surface area contributed by atoms with E-state index in [-0.39, 0.29) is 11.6 Å². The predicted molar refractivity (Wildman–Crippen MR) is 151 cm³/mol. The van der Waals surface area contributed by atoms with E-state index >= 15 is 0 Å². The van der Waals surface area contributed by atoms with Crippen LogP contribution in [-0.2, 0) is 0 Å². The Morgan fingerprint density at radius 1 is 0.919 bits per heavy atom. The zero-order valence-electron chi connectivity index (χ0n) is 20.4. The van der Waals surface area contributed by atoms with E-state index in [1.54, 1.807) is 29.2 Å². The number of aromatic nitrogens is 3. The monoisotopic (exact) mass is 504 g/mol. The maximum atomic E-state index is 14.3. The Labute approximate surface area is 217 Å². The van der Waals surface area contributed by atoms with Gasteiger partial charge in [-0.1, -0.05) is 54.6 Å². The summed E-state index contributed by atoms with van der Waals surface area (Å²) < 4.78 is 8.48. The van der Waals surface area contributed by atoms with E-state index in [9.17, 15) is 4.79 Å².